The van der Waals surface area contributed by atoms with Crippen molar-refractivity contribution in [2.45, 2.75) is 51.5 Å². The normalized spacial score (nSPS) is 13.1. The van der Waals surface area contributed by atoms with Gasteiger partial charge in [0.25, 0.3) is 0 Å². The quantitative estimate of drug-likeness (QED) is 0.453. The summed E-state index contributed by atoms with van der Waals surface area (Å²) in [6, 6.07) is 4.06. The van der Waals surface area contributed by atoms with Crippen molar-refractivity contribution in [3.8, 4) is 0 Å². The van der Waals surface area contributed by atoms with Crippen LogP contribution in [0.25, 0.3) is 11.0 Å². The monoisotopic (exact) mass is 332 g/mol. The second kappa shape index (κ2) is 7.02. The Balaban J connectivity index is 2.41. The lowest BCUT2D eigenvalue weighted by atomic mass is 10.1. The van der Waals surface area contributed by atoms with Crippen LogP contribution >= 0.6 is 34.8 Å². The molecule has 0 fully saturated rings. The van der Waals surface area contributed by atoms with E-state index in [-0.39, 0.29) is 0 Å². The number of benzene rings is 1. The lowest BCUT2D eigenvalue weighted by Gasteiger charge is -2.17. The van der Waals surface area contributed by atoms with Crippen molar-refractivity contribution < 1.29 is 0 Å². The Kier molecular flexibility index (Phi) is 5.59. The highest BCUT2D eigenvalue weighted by molar-refractivity contribution is 6.42. The van der Waals surface area contributed by atoms with Gasteiger partial charge in [0.2, 0.25) is 0 Å². The molecule has 1 atom stereocenters. The lowest BCUT2D eigenvalue weighted by Crippen LogP contribution is -2.08. The molecule has 0 saturated carbocycles. The van der Waals surface area contributed by atoms with E-state index < -0.39 is 0 Å². The maximum Gasteiger partial charge on any atom is 0.125 e. The maximum absolute atomic E-state index is 6.14. The van der Waals surface area contributed by atoms with Crippen molar-refractivity contribution in [3.05, 3.63) is 28.0 Å². The molecule has 0 bridgehead atoms. The average molecular weight is 334 g/mol. The molecule has 0 aliphatic heterocycles. The SMILES string of the molecule is CCCCCC(C)n1c(CCl)nc2cc(Cl)c(Cl)cc21. The first-order chi connectivity index (χ1) is 9.58. The van der Waals surface area contributed by atoms with Crippen LogP contribution in [0.15, 0.2) is 12.1 Å². The van der Waals surface area contributed by atoms with Crippen LogP contribution in [-0.2, 0) is 5.88 Å². The van der Waals surface area contributed by atoms with Crippen molar-refractivity contribution >= 4 is 45.8 Å². The molecule has 1 heterocycles. The number of nitrogens with zero attached hydrogens (tertiary/aromatic N) is 2. The summed E-state index contributed by atoms with van der Waals surface area (Å²) in [6.45, 7) is 4.42. The second-order valence-electron chi connectivity index (χ2n) is 5.13. The first kappa shape index (κ1) is 15.9. The molecule has 0 spiro atoms. The Labute approximate surface area is 135 Å². The van der Waals surface area contributed by atoms with Gasteiger partial charge < -0.3 is 4.57 Å². The van der Waals surface area contributed by atoms with E-state index in [4.69, 9.17) is 34.8 Å². The van der Waals surface area contributed by atoms with Gasteiger partial charge in [0.05, 0.1) is 27.0 Å². The Morgan fingerprint density at radius 2 is 1.90 bits per heavy atom. The van der Waals surface area contributed by atoms with Gasteiger partial charge in [0.1, 0.15) is 5.82 Å². The number of unbranched alkanes of at least 4 members (excludes halogenated alkanes) is 2. The van der Waals surface area contributed by atoms with Crippen LogP contribution in [0, 0.1) is 0 Å². The zero-order chi connectivity index (χ0) is 14.7. The van der Waals surface area contributed by atoms with Crippen molar-refractivity contribution in [1.82, 2.24) is 9.55 Å². The van der Waals surface area contributed by atoms with E-state index in [0.717, 1.165) is 23.3 Å². The standard InChI is InChI=1S/C15H19Cl3N2/c1-3-4-5-6-10(2)20-14-8-12(18)11(17)7-13(14)19-15(20)9-16/h7-8,10H,3-6,9H2,1-2H3. The van der Waals surface area contributed by atoms with Crippen molar-refractivity contribution in [3.63, 3.8) is 0 Å². The molecule has 20 heavy (non-hydrogen) atoms. The minimum absolute atomic E-state index is 0.359. The highest BCUT2D eigenvalue weighted by Gasteiger charge is 2.16. The predicted molar refractivity (Wildman–Crippen MR) is 88.2 cm³/mol. The molecular formula is C15H19Cl3N2. The summed E-state index contributed by atoms with van der Waals surface area (Å²) >= 11 is 18.2. The summed E-state index contributed by atoms with van der Waals surface area (Å²) in [5, 5.41) is 1.09. The number of imidazole rings is 1. The van der Waals surface area contributed by atoms with Gasteiger partial charge in [0, 0.05) is 6.04 Å². The van der Waals surface area contributed by atoms with Gasteiger partial charge in [0.15, 0.2) is 0 Å². The fourth-order valence-corrected chi connectivity index (χ4v) is 3.05. The highest BCUT2D eigenvalue weighted by Crippen LogP contribution is 2.31. The van der Waals surface area contributed by atoms with Gasteiger partial charge >= 0.3 is 0 Å². The van der Waals surface area contributed by atoms with Gasteiger partial charge in [-0.15, -0.1) is 11.6 Å². The molecule has 0 aliphatic rings. The van der Waals surface area contributed by atoms with E-state index >= 15 is 0 Å². The maximum atomic E-state index is 6.14. The van der Waals surface area contributed by atoms with E-state index in [1.165, 1.54) is 19.3 Å². The Morgan fingerprint density at radius 3 is 2.55 bits per heavy atom. The van der Waals surface area contributed by atoms with Crippen LogP contribution in [0.5, 0.6) is 0 Å². The molecule has 110 valence electrons. The zero-order valence-corrected chi connectivity index (χ0v) is 14.1. The first-order valence-electron chi connectivity index (χ1n) is 7.00. The molecule has 5 heteroatoms. The van der Waals surface area contributed by atoms with Gasteiger partial charge in [-0.3, -0.25) is 0 Å². The fourth-order valence-electron chi connectivity index (χ4n) is 2.55. The topological polar surface area (TPSA) is 17.8 Å². The zero-order valence-electron chi connectivity index (χ0n) is 11.8. The third-order valence-electron chi connectivity index (χ3n) is 3.59. The number of aromatic nitrogens is 2. The molecule has 0 saturated heterocycles. The molecule has 1 aromatic heterocycles. The van der Waals surface area contributed by atoms with Crippen LogP contribution in [0.1, 0.15) is 51.4 Å². The summed E-state index contributed by atoms with van der Waals surface area (Å²) in [4.78, 5) is 4.57. The van der Waals surface area contributed by atoms with Gasteiger partial charge in [-0.25, -0.2) is 4.98 Å². The van der Waals surface area contributed by atoms with E-state index in [1.807, 2.05) is 12.1 Å². The average Bonchev–Trinajstić information content (AvgIpc) is 2.77. The van der Waals surface area contributed by atoms with E-state index in [9.17, 15) is 0 Å². The molecule has 0 aliphatic carbocycles. The van der Waals surface area contributed by atoms with E-state index in [0.29, 0.717) is 22.0 Å². The number of alkyl halides is 1. The molecular weight excluding hydrogens is 315 g/mol. The van der Waals surface area contributed by atoms with Gasteiger partial charge in [-0.05, 0) is 25.5 Å². The minimum Gasteiger partial charge on any atom is -0.324 e. The number of rotatable bonds is 6. The molecule has 0 amide bonds. The fraction of sp³-hybridized carbons (Fsp3) is 0.533. The third kappa shape index (κ3) is 3.24. The Bertz CT molecular complexity index is 592. The molecule has 2 aromatic rings. The molecule has 1 unspecified atom stereocenters. The van der Waals surface area contributed by atoms with E-state index in [2.05, 4.69) is 23.4 Å². The molecule has 2 rings (SSSR count). The third-order valence-corrected chi connectivity index (χ3v) is 4.55. The van der Waals surface area contributed by atoms with Crippen LogP contribution in [0.3, 0.4) is 0 Å². The predicted octanol–water partition coefficient (Wildman–Crippen LogP) is 6.22. The number of halogens is 3. The molecule has 1 aromatic carbocycles. The summed E-state index contributed by atoms with van der Waals surface area (Å²) in [5.74, 6) is 1.27. The smallest absolute Gasteiger partial charge is 0.125 e. The van der Waals surface area contributed by atoms with E-state index in [1.54, 1.807) is 0 Å². The molecule has 2 nitrogen and oxygen atoms in total. The van der Waals surface area contributed by atoms with Crippen LogP contribution in [0.4, 0.5) is 0 Å². The summed E-state index contributed by atoms with van der Waals surface area (Å²) in [6.07, 6.45) is 4.80. The summed E-state index contributed by atoms with van der Waals surface area (Å²) in [7, 11) is 0. The largest absolute Gasteiger partial charge is 0.324 e. The lowest BCUT2D eigenvalue weighted by molar-refractivity contribution is 0.477. The summed E-state index contributed by atoms with van der Waals surface area (Å²) < 4.78 is 2.19. The van der Waals surface area contributed by atoms with Crippen molar-refractivity contribution in [2.24, 2.45) is 0 Å². The highest BCUT2D eigenvalue weighted by atomic mass is 35.5. The minimum atomic E-state index is 0.359. The molecule has 0 N–H and O–H groups in total. The first-order valence-corrected chi connectivity index (χ1v) is 8.29. The summed E-state index contributed by atoms with van der Waals surface area (Å²) in [5.41, 5.74) is 1.87. The number of hydrogen-bond donors (Lipinski definition) is 0. The van der Waals surface area contributed by atoms with Gasteiger partial charge in [-0.2, -0.15) is 0 Å². The Hall–Kier alpha value is -0.440. The molecule has 0 radical (unpaired) electrons. The number of fused-ring (bicyclic) bond motifs is 1. The number of hydrogen-bond acceptors (Lipinski definition) is 1. The Morgan fingerprint density at radius 1 is 1.20 bits per heavy atom. The van der Waals surface area contributed by atoms with Crippen LogP contribution < -0.4 is 0 Å². The van der Waals surface area contributed by atoms with Gasteiger partial charge in [-0.1, -0.05) is 49.4 Å². The van der Waals surface area contributed by atoms with Crippen molar-refractivity contribution in [2.75, 3.05) is 0 Å². The second-order valence-corrected chi connectivity index (χ2v) is 6.21. The van der Waals surface area contributed by atoms with Crippen molar-refractivity contribution in [1.29, 1.82) is 0 Å². The van der Waals surface area contributed by atoms with Crippen LogP contribution in [0.2, 0.25) is 10.0 Å². The van der Waals surface area contributed by atoms with Crippen LogP contribution in [-0.4, -0.2) is 9.55 Å².